The molecule has 0 aliphatic carbocycles. The maximum absolute atomic E-state index is 4.91. The number of ether oxygens (including phenoxy) is 1. The van der Waals surface area contributed by atoms with Crippen LogP contribution in [-0.4, -0.2) is 23.5 Å². The topological polar surface area (TPSA) is 27.1 Å². The lowest BCUT2D eigenvalue weighted by atomic mass is 10.5. The molecule has 0 radical (unpaired) electrons. The van der Waals surface area contributed by atoms with Crippen molar-refractivity contribution < 1.29 is 4.74 Å². The zero-order valence-corrected chi connectivity index (χ0v) is 6.37. The number of aryl methyl sites for hydroxylation is 1. The van der Waals surface area contributed by atoms with Crippen LogP contribution in [0.3, 0.4) is 0 Å². The van der Waals surface area contributed by atoms with Gasteiger partial charge in [0.2, 0.25) is 0 Å². The maximum Gasteiger partial charge on any atom is 0.0658 e. The summed E-state index contributed by atoms with van der Waals surface area (Å²) in [4.78, 5) is 0. The van der Waals surface area contributed by atoms with Crippen LogP contribution in [-0.2, 0) is 11.3 Å². The van der Waals surface area contributed by atoms with Gasteiger partial charge in [-0.1, -0.05) is 0 Å². The van der Waals surface area contributed by atoms with Crippen LogP contribution in [0.15, 0.2) is 12.3 Å². The molecule has 0 unspecified atom stereocenters. The van der Waals surface area contributed by atoms with Crippen LogP contribution in [0.5, 0.6) is 0 Å². The number of methoxy groups -OCH3 is 1. The zero-order valence-electron chi connectivity index (χ0n) is 6.37. The summed E-state index contributed by atoms with van der Waals surface area (Å²) in [5, 5.41) is 4.09. The maximum atomic E-state index is 4.91. The Balaban J connectivity index is 2.49. The Hall–Kier alpha value is -0.830. The van der Waals surface area contributed by atoms with Crippen molar-refractivity contribution in [3.8, 4) is 0 Å². The Morgan fingerprint density at radius 3 is 3.00 bits per heavy atom. The lowest BCUT2D eigenvalue weighted by Gasteiger charge is -2.01. The summed E-state index contributed by atoms with van der Waals surface area (Å²) in [5.74, 6) is 0. The molecule has 0 amide bonds. The fourth-order valence-corrected chi connectivity index (χ4v) is 0.811. The molecule has 3 nitrogen and oxygen atoms in total. The molecule has 0 aromatic carbocycles. The molecule has 1 rings (SSSR count). The van der Waals surface area contributed by atoms with Gasteiger partial charge in [-0.3, -0.25) is 4.68 Å². The first-order valence-corrected chi connectivity index (χ1v) is 3.32. The van der Waals surface area contributed by atoms with E-state index in [1.807, 2.05) is 17.7 Å². The van der Waals surface area contributed by atoms with Gasteiger partial charge < -0.3 is 4.74 Å². The molecule has 0 spiro atoms. The highest BCUT2D eigenvalue weighted by molar-refractivity contribution is 4.96. The minimum atomic E-state index is 0.725. The quantitative estimate of drug-likeness (QED) is 0.622. The van der Waals surface area contributed by atoms with Crippen molar-refractivity contribution >= 4 is 0 Å². The SMILES string of the molecule is COCCn1nccc1C. The molecule has 0 aliphatic heterocycles. The van der Waals surface area contributed by atoms with E-state index in [9.17, 15) is 0 Å². The Morgan fingerprint density at radius 2 is 2.50 bits per heavy atom. The Morgan fingerprint density at radius 1 is 1.70 bits per heavy atom. The smallest absolute Gasteiger partial charge is 0.0658 e. The van der Waals surface area contributed by atoms with E-state index in [2.05, 4.69) is 5.10 Å². The molecule has 56 valence electrons. The van der Waals surface area contributed by atoms with E-state index in [0.717, 1.165) is 13.2 Å². The summed E-state index contributed by atoms with van der Waals surface area (Å²) in [7, 11) is 1.69. The Kier molecular flexibility index (Phi) is 2.45. The monoisotopic (exact) mass is 140 g/mol. The van der Waals surface area contributed by atoms with Crippen molar-refractivity contribution in [3.05, 3.63) is 18.0 Å². The second kappa shape index (κ2) is 3.37. The predicted molar refractivity (Wildman–Crippen MR) is 38.8 cm³/mol. The van der Waals surface area contributed by atoms with Crippen LogP contribution in [0.2, 0.25) is 0 Å². The summed E-state index contributed by atoms with van der Waals surface area (Å²) in [6.07, 6.45) is 1.80. The number of hydrogen-bond acceptors (Lipinski definition) is 2. The molecule has 1 heterocycles. The average molecular weight is 140 g/mol. The van der Waals surface area contributed by atoms with E-state index < -0.39 is 0 Å². The minimum absolute atomic E-state index is 0.725. The van der Waals surface area contributed by atoms with Crippen molar-refractivity contribution in [2.24, 2.45) is 0 Å². The zero-order chi connectivity index (χ0) is 7.40. The minimum Gasteiger partial charge on any atom is -0.383 e. The molecule has 1 aromatic heterocycles. The van der Waals surface area contributed by atoms with Gasteiger partial charge in [-0.05, 0) is 13.0 Å². The summed E-state index contributed by atoms with van der Waals surface area (Å²) in [6.45, 7) is 3.60. The molecule has 0 fully saturated rings. The fraction of sp³-hybridized carbons (Fsp3) is 0.571. The highest BCUT2D eigenvalue weighted by Gasteiger charge is 1.93. The highest BCUT2D eigenvalue weighted by Crippen LogP contribution is 1.94. The molecule has 3 heteroatoms. The first-order chi connectivity index (χ1) is 4.84. The Bertz CT molecular complexity index is 195. The van der Waals surface area contributed by atoms with E-state index in [1.165, 1.54) is 5.69 Å². The highest BCUT2D eigenvalue weighted by atomic mass is 16.5. The van der Waals surface area contributed by atoms with Gasteiger partial charge in [0.15, 0.2) is 0 Å². The molecule has 0 saturated carbocycles. The lowest BCUT2D eigenvalue weighted by Crippen LogP contribution is -2.06. The number of aromatic nitrogens is 2. The van der Waals surface area contributed by atoms with Gasteiger partial charge in [-0.15, -0.1) is 0 Å². The second-order valence-corrected chi connectivity index (χ2v) is 2.19. The van der Waals surface area contributed by atoms with Crippen LogP contribution in [0.25, 0.3) is 0 Å². The molecule has 0 aliphatic rings. The van der Waals surface area contributed by atoms with E-state index >= 15 is 0 Å². The fourth-order valence-electron chi connectivity index (χ4n) is 0.811. The summed E-state index contributed by atoms with van der Waals surface area (Å²) in [6, 6.07) is 1.98. The second-order valence-electron chi connectivity index (χ2n) is 2.19. The summed E-state index contributed by atoms with van der Waals surface area (Å²) >= 11 is 0. The first kappa shape index (κ1) is 7.28. The molecular formula is C7H12N2O. The molecule has 0 bridgehead atoms. The molecule has 1 aromatic rings. The van der Waals surface area contributed by atoms with Gasteiger partial charge in [0.1, 0.15) is 0 Å². The molecule has 0 atom stereocenters. The van der Waals surface area contributed by atoms with Crippen LogP contribution >= 0.6 is 0 Å². The van der Waals surface area contributed by atoms with Crippen LogP contribution in [0.1, 0.15) is 5.69 Å². The van der Waals surface area contributed by atoms with E-state index in [0.29, 0.717) is 0 Å². The van der Waals surface area contributed by atoms with Crippen LogP contribution < -0.4 is 0 Å². The summed E-state index contributed by atoms with van der Waals surface area (Å²) < 4.78 is 6.83. The predicted octanol–water partition coefficient (Wildman–Crippen LogP) is 0.838. The van der Waals surface area contributed by atoms with Gasteiger partial charge in [0.25, 0.3) is 0 Å². The van der Waals surface area contributed by atoms with Crippen molar-refractivity contribution in [1.29, 1.82) is 0 Å². The largest absolute Gasteiger partial charge is 0.383 e. The van der Waals surface area contributed by atoms with Gasteiger partial charge in [0, 0.05) is 19.0 Å². The third kappa shape index (κ3) is 1.57. The van der Waals surface area contributed by atoms with Gasteiger partial charge >= 0.3 is 0 Å². The van der Waals surface area contributed by atoms with E-state index in [4.69, 9.17) is 4.74 Å². The third-order valence-electron chi connectivity index (χ3n) is 1.44. The summed E-state index contributed by atoms with van der Waals surface area (Å²) in [5.41, 5.74) is 1.18. The number of nitrogens with zero attached hydrogens (tertiary/aromatic N) is 2. The lowest BCUT2D eigenvalue weighted by molar-refractivity contribution is 0.183. The molecule has 10 heavy (non-hydrogen) atoms. The standard InChI is InChI=1S/C7H12N2O/c1-7-3-4-8-9(7)5-6-10-2/h3-4H,5-6H2,1-2H3. The van der Waals surface area contributed by atoms with E-state index in [1.54, 1.807) is 13.3 Å². The number of hydrogen-bond donors (Lipinski definition) is 0. The van der Waals surface area contributed by atoms with Crippen LogP contribution in [0.4, 0.5) is 0 Å². The van der Waals surface area contributed by atoms with Crippen LogP contribution in [0, 0.1) is 6.92 Å². The van der Waals surface area contributed by atoms with Gasteiger partial charge in [-0.2, -0.15) is 5.10 Å². The first-order valence-electron chi connectivity index (χ1n) is 3.32. The molecule has 0 saturated heterocycles. The van der Waals surface area contributed by atoms with Crippen molar-refractivity contribution in [1.82, 2.24) is 9.78 Å². The Labute approximate surface area is 60.6 Å². The number of rotatable bonds is 3. The van der Waals surface area contributed by atoms with E-state index in [-0.39, 0.29) is 0 Å². The normalized spacial score (nSPS) is 10.2. The molecule has 0 N–H and O–H groups in total. The third-order valence-corrected chi connectivity index (χ3v) is 1.44. The average Bonchev–Trinajstić information content (AvgIpc) is 2.31. The van der Waals surface area contributed by atoms with Crippen molar-refractivity contribution in [2.75, 3.05) is 13.7 Å². The van der Waals surface area contributed by atoms with Crippen molar-refractivity contribution in [3.63, 3.8) is 0 Å². The van der Waals surface area contributed by atoms with Crippen molar-refractivity contribution in [2.45, 2.75) is 13.5 Å². The van der Waals surface area contributed by atoms with Gasteiger partial charge in [-0.25, -0.2) is 0 Å². The molecular weight excluding hydrogens is 128 g/mol. The van der Waals surface area contributed by atoms with Gasteiger partial charge in [0.05, 0.1) is 13.2 Å².